The number of rotatable bonds is 6. The first-order valence-corrected chi connectivity index (χ1v) is 7.51. The van der Waals surface area contributed by atoms with Crippen molar-refractivity contribution in [2.45, 2.75) is 52.7 Å². The lowest BCUT2D eigenvalue weighted by atomic mass is 9.56. The van der Waals surface area contributed by atoms with Gasteiger partial charge >= 0.3 is 0 Å². The zero-order valence-corrected chi connectivity index (χ0v) is 13.8. The van der Waals surface area contributed by atoms with E-state index in [1.807, 2.05) is 6.92 Å². The quantitative estimate of drug-likeness (QED) is 0.509. The summed E-state index contributed by atoms with van der Waals surface area (Å²) in [5.41, 5.74) is -0.0269. The summed E-state index contributed by atoms with van der Waals surface area (Å²) in [4.78, 5) is 4.54. The second-order valence-corrected chi connectivity index (χ2v) is 6.57. The van der Waals surface area contributed by atoms with Crippen molar-refractivity contribution in [1.29, 1.82) is 0 Å². The minimum absolute atomic E-state index is 0.0561. The lowest BCUT2D eigenvalue weighted by molar-refractivity contribution is -0.176. The molecule has 1 saturated carbocycles. The Balaban J connectivity index is 2.64. The maximum Gasteiger partial charge on any atom is 0.191 e. The fourth-order valence-corrected chi connectivity index (χ4v) is 2.51. The Kier molecular flexibility index (Phi) is 5.83. The van der Waals surface area contributed by atoms with Crippen molar-refractivity contribution in [3.8, 4) is 0 Å². The number of ether oxygens (including phenoxy) is 1. The molecule has 0 heterocycles. The zero-order valence-electron chi connectivity index (χ0n) is 13.8. The van der Waals surface area contributed by atoms with Crippen LogP contribution >= 0.6 is 0 Å². The van der Waals surface area contributed by atoms with E-state index < -0.39 is 0 Å². The molecule has 118 valence electrons. The molecule has 3 N–H and O–H groups in total. The van der Waals surface area contributed by atoms with Crippen molar-refractivity contribution in [3.63, 3.8) is 0 Å². The molecule has 1 aliphatic carbocycles. The Bertz CT molecular complexity index is 344. The van der Waals surface area contributed by atoms with Gasteiger partial charge in [0.2, 0.25) is 0 Å². The maximum atomic E-state index is 9.07. The predicted octanol–water partition coefficient (Wildman–Crippen LogP) is 1.37. The number of nitrogens with zero attached hydrogens (tertiary/aromatic N) is 1. The summed E-state index contributed by atoms with van der Waals surface area (Å²) in [5.74, 6) is 1.01. The molecule has 0 saturated heterocycles. The van der Waals surface area contributed by atoms with Crippen LogP contribution in [0.3, 0.4) is 0 Å². The molecule has 0 aromatic heterocycles. The molecule has 0 aromatic rings. The van der Waals surface area contributed by atoms with E-state index in [0.29, 0.717) is 12.6 Å². The Morgan fingerprint density at radius 2 is 2.10 bits per heavy atom. The molecule has 3 unspecified atom stereocenters. The van der Waals surface area contributed by atoms with Gasteiger partial charge in [0, 0.05) is 38.3 Å². The van der Waals surface area contributed by atoms with Gasteiger partial charge in [-0.3, -0.25) is 4.99 Å². The van der Waals surface area contributed by atoms with Crippen LogP contribution < -0.4 is 10.6 Å². The Morgan fingerprint density at radius 3 is 2.55 bits per heavy atom. The van der Waals surface area contributed by atoms with Crippen LogP contribution in [-0.4, -0.2) is 49.5 Å². The van der Waals surface area contributed by atoms with Gasteiger partial charge in [-0.1, -0.05) is 20.8 Å². The predicted molar refractivity (Wildman–Crippen MR) is 83.0 cm³/mol. The molecule has 5 nitrogen and oxygen atoms in total. The van der Waals surface area contributed by atoms with E-state index >= 15 is 0 Å². The first kappa shape index (κ1) is 17.2. The molecule has 0 radical (unpaired) electrons. The third kappa shape index (κ3) is 3.44. The highest BCUT2D eigenvalue weighted by atomic mass is 16.5. The number of aliphatic hydroxyl groups is 1. The molecule has 0 aromatic carbocycles. The fraction of sp³-hybridized carbons (Fsp3) is 0.933. The van der Waals surface area contributed by atoms with E-state index in [2.05, 4.69) is 43.3 Å². The third-order valence-electron chi connectivity index (χ3n) is 4.81. The molecule has 0 aliphatic heterocycles. The molecule has 0 bridgehead atoms. The van der Waals surface area contributed by atoms with Gasteiger partial charge in [-0.25, -0.2) is 0 Å². The van der Waals surface area contributed by atoms with Crippen molar-refractivity contribution in [2.24, 2.45) is 16.3 Å². The first-order valence-electron chi connectivity index (χ1n) is 7.51. The van der Waals surface area contributed by atoms with E-state index in [1.165, 1.54) is 0 Å². The van der Waals surface area contributed by atoms with Gasteiger partial charge in [-0.2, -0.15) is 0 Å². The zero-order chi connectivity index (χ0) is 15.4. The Labute approximate surface area is 123 Å². The van der Waals surface area contributed by atoms with E-state index in [9.17, 15) is 0 Å². The number of hydrogen-bond donors (Lipinski definition) is 3. The summed E-state index contributed by atoms with van der Waals surface area (Å²) in [6.07, 6.45) is 0.969. The fourth-order valence-electron chi connectivity index (χ4n) is 2.51. The number of methoxy groups -OCH3 is 1. The Morgan fingerprint density at radius 1 is 1.45 bits per heavy atom. The first-order chi connectivity index (χ1) is 9.30. The normalized spacial score (nSPS) is 30.6. The van der Waals surface area contributed by atoms with Crippen LogP contribution in [0.15, 0.2) is 4.99 Å². The number of hydrogen-bond acceptors (Lipinski definition) is 3. The van der Waals surface area contributed by atoms with Crippen molar-refractivity contribution < 1.29 is 9.84 Å². The van der Waals surface area contributed by atoms with Gasteiger partial charge in [0.05, 0.1) is 5.60 Å². The summed E-state index contributed by atoms with van der Waals surface area (Å²) in [6, 6.07) is 0.342. The van der Waals surface area contributed by atoms with Gasteiger partial charge in [0.25, 0.3) is 0 Å². The van der Waals surface area contributed by atoms with Gasteiger partial charge < -0.3 is 20.5 Å². The standard InChI is InChI=1S/C15H31N3O2/c1-7-16-13(17-9-11(2)10-19)18-12-8-15(5,20-6)14(12,3)4/h11-12,19H,7-10H2,1-6H3,(H2,16,17,18). The van der Waals surface area contributed by atoms with E-state index in [0.717, 1.165) is 18.9 Å². The van der Waals surface area contributed by atoms with Crippen LogP contribution in [0.2, 0.25) is 0 Å². The van der Waals surface area contributed by atoms with Crippen LogP contribution in [0.25, 0.3) is 0 Å². The summed E-state index contributed by atoms with van der Waals surface area (Å²) in [7, 11) is 1.78. The molecule has 0 amide bonds. The number of nitrogens with one attached hydrogen (secondary N) is 2. The molecule has 0 spiro atoms. The lowest BCUT2D eigenvalue weighted by Gasteiger charge is -2.59. The molecular formula is C15H31N3O2. The van der Waals surface area contributed by atoms with Crippen LogP contribution in [0, 0.1) is 11.3 Å². The lowest BCUT2D eigenvalue weighted by Crippen LogP contribution is -2.69. The number of aliphatic imine (C=N–C) groups is 1. The van der Waals surface area contributed by atoms with Crippen LogP contribution in [0.4, 0.5) is 0 Å². The molecule has 5 heteroatoms. The topological polar surface area (TPSA) is 65.9 Å². The molecular weight excluding hydrogens is 254 g/mol. The Hall–Kier alpha value is -0.810. The monoisotopic (exact) mass is 285 g/mol. The third-order valence-corrected chi connectivity index (χ3v) is 4.81. The summed E-state index contributed by atoms with van der Waals surface area (Å²) < 4.78 is 5.64. The van der Waals surface area contributed by atoms with Crippen molar-refractivity contribution in [3.05, 3.63) is 0 Å². The second-order valence-electron chi connectivity index (χ2n) is 6.57. The van der Waals surface area contributed by atoms with E-state index in [1.54, 1.807) is 7.11 Å². The average Bonchev–Trinajstić information content (AvgIpc) is 2.43. The summed E-state index contributed by atoms with van der Waals surface area (Å²) in [5, 5.41) is 15.8. The van der Waals surface area contributed by atoms with E-state index in [-0.39, 0.29) is 23.5 Å². The number of guanidine groups is 1. The molecule has 1 rings (SSSR count). The summed E-state index contributed by atoms with van der Waals surface area (Å²) >= 11 is 0. The highest BCUT2D eigenvalue weighted by Gasteiger charge is 2.58. The molecule has 20 heavy (non-hydrogen) atoms. The van der Waals surface area contributed by atoms with Crippen LogP contribution in [0.1, 0.15) is 41.0 Å². The number of aliphatic hydroxyl groups excluding tert-OH is 1. The van der Waals surface area contributed by atoms with Gasteiger partial charge in [0.15, 0.2) is 5.96 Å². The average molecular weight is 285 g/mol. The van der Waals surface area contributed by atoms with Crippen LogP contribution in [-0.2, 0) is 4.74 Å². The highest BCUT2D eigenvalue weighted by Crippen LogP contribution is 2.51. The van der Waals surface area contributed by atoms with Gasteiger partial charge in [0.1, 0.15) is 0 Å². The van der Waals surface area contributed by atoms with Crippen LogP contribution in [0.5, 0.6) is 0 Å². The minimum atomic E-state index is -0.0830. The maximum absolute atomic E-state index is 9.07. The van der Waals surface area contributed by atoms with Crippen molar-refractivity contribution in [1.82, 2.24) is 10.6 Å². The largest absolute Gasteiger partial charge is 0.396 e. The minimum Gasteiger partial charge on any atom is -0.396 e. The molecule has 1 aliphatic rings. The van der Waals surface area contributed by atoms with Crippen molar-refractivity contribution in [2.75, 3.05) is 26.8 Å². The highest BCUT2D eigenvalue weighted by molar-refractivity contribution is 5.80. The SMILES string of the molecule is CCNC(=NCC(C)CO)NC1CC(C)(OC)C1(C)C. The molecule has 3 atom stereocenters. The molecule has 1 fully saturated rings. The smallest absolute Gasteiger partial charge is 0.191 e. The van der Waals surface area contributed by atoms with Gasteiger partial charge in [-0.15, -0.1) is 0 Å². The van der Waals surface area contributed by atoms with Gasteiger partial charge in [-0.05, 0) is 26.2 Å². The van der Waals surface area contributed by atoms with E-state index in [4.69, 9.17) is 9.84 Å². The summed E-state index contributed by atoms with van der Waals surface area (Å²) in [6.45, 7) is 12.3. The second kappa shape index (κ2) is 6.76. The van der Waals surface area contributed by atoms with Crippen molar-refractivity contribution >= 4 is 5.96 Å².